The van der Waals surface area contributed by atoms with Crippen molar-refractivity contribution in [3.63, 3.8) is 0 Å². The highest BCUT2D eigenvalue weighted by Crippen LogP contribution is 2.26. The molecule has 2 aromatic rings. The number of anilines is 1. The summed E-state index contributed by atoms with van der Waals surface area (Å²) in [6, 6.07) is 18.0. The third kappa shape index (κ3) is 8.58. The molecule has 0 unspecified atom stereocenters. The normalized spacial score (nSPS) is 17.4. The molecule has 2 aromatic carbocycles. The number of para-hydroxylation sites is 1. The molecule has 7 nitrogen and oxygen atoms in total. The Labute approximate surface area is 251 Å². The average molecular weight is 571 g/mol. The van der Waals surface area contributed by atoms with E-state index in [0.29, 0.717) is 19.0 Å². The van der Waals surface area contributed by atoms with Gasteiger partial charge in [0.25, 0.3) is 5.91 Å². The second-order valence-corrected chi connectivity index (χ2v) is 10.8. The molecule has 5 rings (SSSR count). The van der Waals surface area contributed by atoms with Crippen LogP contribution in [0.4, 0.5) is 5.69 Å². The van der Waals surface area contributed by atoms with Crippen molar-refractivity contribution >= 4 is 17.5 Å². The van der Waals surface area contributed by atoms with E-state index in [0.717, 1.165) is 73.8 Å². The maximum Gasteiger partial charge on any atom is 0.254 e. The third-order valence-corrected chi connectivity index (χ3v) is 7.97. The quantitative estimate of drug-likeness (QED) is 0.371. The van der Waals surface area contributed by atoms with Crippen LogP contribution < -0.4 is 15.0 Å². The number of carbonyl (C=O) groups is 2. The molecule has 0 aromatic heterocycles. The van der Waals surface area contributed by atoms with Gasteiger partial charge in [0.15, 0.2) is 0 Å². The molecule has 0 atom stereocenters. The summed E-state index contributed by atoms with van der Waals surface area (Å²) < 4.78 is 5.28. The fourth-order valence-electron chi connectivity index (χ4n) is 5.63. The number of amides is 2. The number of nitrogens with one attached hydrogen (secondary N) is 1. The zero-order valence-corrected chi connectivity index (χ0v) is 25.4. The van der Waals surface area contributed by atoms with Crippen LogP contribution in [0.25, 0.3) is 0 Å². The summed E-state index contributed by atoms with van der Waals surface area (Å²) in [5.74, 6) is 0.922. The minimum atomic E-state index is 0.0104. The molecule has 3 aliphatic rings. The number of ether oxygens (including phenoxy) is 1. The van der Waals surface area contributed by atoms with Gasteiger partial charge in [-0.2, -0.15) is 0 Å². The first-order valence-electron chi connectivity index (χ1n) is 15.4. The van der Waals surface area contributed by atoms with Crippen LogP contribution in [0.2, 0.25) is 0 Å². The molecule has 0 spiro atoms. The molecule has 7 heteroatoms. The molecule has 224 valence electrons. The Bertz CT molecular complexity index is 1240. The molecule has 0 bridgehead atoms. The van der Waals surface area contributed by atoms with Crippen molar-refractivity contribution in [2.45, 2.75) is 58.5 Å². The van der Waals surface area contributed by atoms with E-state index in [1.807, 2.05) is 96.5 Å². The Hall–Kier alpha value is -3.84. The highest BCUT2D eigenvalue weighted by molar-refractivity contribution is 6.06. The van der Waals surface area contributed by atoms with Gasteiger partial charge in [-0.05, 0) is 74.7 Å². The lowest BCUT2D eigenvalue weighted by atomic mass is 10.0. The fourth-order valence-corrected chi connectivity index (χ4v) is 5.63. The van der Waals surface area contributed by atoms with Crippen LogP contribution in [0.3, 0.4) is 0 Å². The number of hydrogen-bond acceptors (Lipinski definition) is 5. The van der Waals surface area contributed by atoms with Gasteiger partial charge in [-0.3, -0.25) is 14.5 Å². The highest BCUT2D eigenvalue weighted by Gasteiger charge is 2.26. The predicted molar refractivity (Wildman–Crippen MR) is 170 cm³/mol. The summed E-state index contributed by atoms with van der Waals surface area (Å²) in [6.07, 6.45) is 12.7. The smallest absolute Gasteiger partial charge is 0.254 e. The van der Waals surface area contributed by atoms with E-state index in [-0.39, 0.29) is 11.8 Å². The van der Waals surface area contributed by atoms with E-state index in [1.54, 1.807) is 13.2 Å². The number of likely N-dealkylation sites (tertiary alicyclic amines) is 2. The first-order chi connectivity index (χ1) is 20.6. The van der Waals surface area contributed by atoms with Crippen LogP contribution in [-0.2, 0) is 16.1 Å². The summed E-state index contributed by atoms with van der Waals surface area (Å²) in [6.45, 7) is 9.13. The van der Waals surface area contributed by atoms with Crippen molar-refractivity contribution in [2.75, 3.05) is 44.7 Å². The van der Waals surface area contributed by atoms with E-state index in [1.165, 1.54) is 12.8 Å². The van der Waals surface area contributed by atoms with Crippen molar-refractivity contribution in [3.05, 3.63) is 95.7 Å². The standard InChI is InChI=1S/C33H40N4O3.C2H6/c1-40-31-15-11-26(12-16-31)25-37(30-8-3-2-4-9-30)33(39)27-13-14-29(24-27)34-28-17-22-36(23-18-28)32(38)10-7-21-35-19-5-6-20-35;1-2/h2-4,7-16,28,34H,5-6,17-25H2,1H3;1-2H3/b10-7+;. The second kappa shape index (κ2) is 16.0. The van der Waals surface area contributed by atoms with E-state index in [2.05, 4.69) is 10.2 Å². The molecule has 1 N–H and O–H groups in total. The van der Waals surface area contributed by atoms with Crippen LogP contribution in [0.15, 0.2) is 90.2 Å². The van der Waals surface area contributed by atoms with Crippen molar-refractivity contribution in [1.82, 2.24) is 15.1 Å². The van der Waals surface area contributed by atoms with Crippen LogP contribution in [0.5, 0.6) is 5.75 Å². The van der Waals surface area contributed by atoms with Gasteiger partial charge >= 0.3 is 0 Å². The number of allylic oxidation sites excluding steroid dienone is 3. The van der Waals surface area contributed by atoms with Gasteiger partial charge in [0, 0.05) is 55.1 Å². The Balaban J connectivity index is 0.00000198. The van der Waals surface area contributed by atoms with Crippen LogP contribution in [0.1, 0.15) is 51.5 Å². The summed E-state index contributed by atoms with van der Waals surface area (Å²) in [5.41, 5.74) is 3.75. The Morgan fingerprint density at radius 1 is 0.952 bits per heavy atom. The molecule has 2 fully saturated rings. The Kier molecular flexibility index (Phi) is 11.8. The molecule has 2 amide bonds. The Morgan fingerprint density at radius 3 is 2.31 bits per heavy atom. The summed E-state index contributed by atoms with van der Waals surface area (Å²) in [4.78, 5) is 32.5. The van der Waals surface area contributed by atoms with Crippen LogP contribution in [-0.4, -0.2) is 67.5 Å². The first-order valence-corrected chi connectivity index (χ1v) is 15.4. The number of piperidine rings is 1. The lowest BCUT2D eigenvalue weighted by molar-refractivity contribution is -0.127. The van der Waals surface area contributed by atoms with Gasteiger partial charge in [-0.25, -0.2) is 0 Å². The molecule has 0 saturated carbocycles. The molecule has 2 heterocycles. The van der Waals surface area contributed by atoms with E-state index >= 15 is 0 Å². The lowest BCUT2D eigenvalue weighted by Crippen LogP contribution is -2.44. The molecular formula is C35H46N4O3. The van der Waals surface area contributed by atoms with Crippen molar-refractivity contribution in [2.24, 2.45) is 0 Å². The zero-order valence-electron chi connectivity index (χ0n) is 25.4. The summed E-state index contributed by atoms with van der Waals surface area (Å²) in [7, 11) is 1.65. The van der Waals surface area contributed by atoms with Gasteiger partial charge in [0.1, 0.15) is 5.75 Å². The number of hydrogen-bond donors (Lipinski definition) is 1. The molecular weight excluding hydrogens is 524 g/mol. The minimum Gasteiger partial charge on any atom is -0.497 e. The van der Waals surface area contributed by atoms with Crippen molar-refractivity contribution < 1.29 is 14.3 Å². The SMILES string of the molecule is CC.COc1ccc(CN(C(=O)C2=CC=C(NC3CCN(C(=O)/C=C/CN4CCCC4)CC3)C2)c2ccccc2)cc1. The predicted octanol–water partition coefficient (Wildman–Crippen LogP) is 5.70. The van der Waals surface area contributed by atoms with Gasteiger partial charge in [0.2, 0.25) is 5.91 Å². The number of methoxy groups -OCH3 is 1. The van der Waals surface area contributed by atoms with Crippen molar-refractivity contribution in [1.29, 1.82) is 0 Å². The molecule has 0 radical (unpaired) electrons. The number of carbonyl (C=O) groups excluding carboxylic acids is 2. The first kappa shape index (κ1) is 31.1. The lowest BCUT2D eigenvalue weighted by Gasteiger charge is -2.32. The van der Waals surface area contributed by atoms with Gasteiger partial charge in [0.05, 0.1) is 13.7 Å². The zero-order chi connectivity index (χ0) is 29.7. The maximum atomic E-state index is 13.7. The summed E-state index contributed by atoms with van der Waals surface area (Å²) in [5, 5.41) is 3.65. The van der Waals surface area contributed by atoms with Crippen LogP contribution >= 0.6 is 0 Å². The van der Waals surface area contributed by atoms with Gasteiger partial charge < -0.3 is 19.9 Å². The Morgan fingerprint density at radius 2 is 1.64 bits per heavy atom. The number of benzene rings is 2. The minimum absolute atomic E-state index is 0.0104. The maximum absolute atomic E-state index is 13.7. The van der Waals surface area contributed by atoms with Gasteiger partial charge in [-0.15, -0.1) is 0 Å². The molecule has 1 aliphatic carbocycles. The van der Waals surface area contributed by atoms with Crippen LogP contribution in [0, 0.1) is 0 Å². The molecule has 2 aliphatic heterocycles. The molecule has 2 saturated heterocycles. The third-order valence-electron chi connectivity index (χ3n) is 7.97. The fraction of sp³-hybridized carbons (Fsp3) is 0.429. The second-order valence-electron chi connectivity index (χ2n) is 10.8. The van der Waals surface area contributed by atoms with Gasteiger partial charge in [-0.1, -0.05) is 56.3 Å². The average Bonchev–Trinajstić information content (AvgIpc) is 3.74. The van der Waals surface area contributed by atoms with E-state index < -0.39 is 0 Å². The summed E-state index contributed by atoms with van der Waals surface area (Å²) >= 11 is 0. The molecule has 42 heavy (non-hydrogen) atoms. The van der Waals surface area contributed by atoms with E-state index in [4.69, 9.17) is 4.74 Å². The number of nitrogens with zero attached hydrogens (tertiary/aromatic N) is 3. The highest BCUT2D eigenvalue weighted by atomic mass is 16.5. The number of rotatable bonds is 10. The van der Waals surface area contributed by atoms with E-state index in [9.17, 15) is 9.59 Å². The van der Waals surface area contributed by atoms with Crippen molar-refractivity contribution in [3.8, 4) is 5.75 Å². The topological polar surface area (TPSA) is 65.1 Å². The monoisotopic (exact) mass is 570 g/mol. The largest absolute Gasteiger partial charge is 0.497 e.